The average molecular weight is 417 g/mol. The van der Waals surface area contributed by atoms with Gasteiger partial charge in [0.05, 0.1) is 15.6 Å². The van der Waals surface area contributed by atoms with Gasteiger partial charge < -0.3 is 10.4 Å². The van der Waals surface area contributed by atoms with E-state index >= 15 is 0 Å². The van der Waals surface area contributed by atoms with Crippen LogP contribution in [0, 0.1) is 5.82 Å². The first-order valence-electron chi connectivity index (χ1n) is 7.11. The Morgan fingerprint density at radius 1 is 1.19 bits per heavy atom. The molecule has 0 spiro atoms. The summed E-state index contributed by atoms with van der Waals surface area (Å²) in [6.07, 6.45) is 0. The van der Waals surface area contributed by atoms with Crippen molar-refractivity contribution in [3.05, 3.63) is 63.7 Å². The number of hydrogen-bond acceptors (Lipinski definition) is 4. The van der Waals surface area contributed by atoms with Crippen LogP contribution in [0.15, 0.2) is 47.2 Å². The molecule has 136 valence electrons. The fraction of sp³-hybridized carbons (Fsp3) is 0.0625. The van der Waals surface area contributed by atoms with E-state index in [0.717, 1.165) is 25.2 Å². The van der Waals surface area contributed by atoms with E-state index in [4.69, 9.17) is 23.2 Å². The number of rotatable bonds is 2. The molecule has 6 nitrogen and oxygen atoms in total. The summed E-state index contributed by atoms with van der Waals surface area (Å²) in [6, 6.07) is 7.19. The van der Waals surface area contributed by atoms with E-state index in [-0.39, 0.29) is 21.2 Å². The Kier molecular flexibility index (Phi) is 4.60. The molecule has 2 aromatic carbocycles. The van der Waals surface area contributed by atoms with E-state index in [9.17, 15) is 22.7 Å². The lowest BCUT2D eigenvalue weighted by molar-refractivity contribution is -0.111. The summed E-state index contributed by atoms with van der Waals surface area (Å²) in [7, 11) is -3.02. The van der Waals surface area contributed by atoms with Gasteiger partial charge in [0, 0.05) is 17.6 Å². The third kappa shape index (κ3) is 3.00. The van der Waals surface area contributed by atoms with Crippen LogP contribution in [-0.4, -0.2) is 30.8 Å². The predicted octanol–water partition coefficient (Wildman–Crippen LogP) is 3.63. The number of nitrogens with one attached hydrogen (secondary N) is 1. The van der Waals surface area contributed by atoms with E-state index in [1.54, 1.807) is 0 Å². The Balaban J connectivity index is 2.12. The highest BCUT2D eigenvalue weighted by molar-refractivity contribution is 7.89. The first-order chi connectivity index (χ1) is 12.1. The zero-order chi connectivity index (χ0) is 19.2. The second-order valence-electron chi connectivity index (χ2n) is 5.39. The molecule has 2 N–H and O–H groups in total. The van der Waals surface area contributed by atoms with Gasteiger partial charge in [0.25, 0.3) is 15.9 Å². The molecule has 0 aromatic heterocycles. The Morgan fingerprint density at radius 2 is 1.88 bits per heavy atom. The van der Waals surface area contributed by atoms with Crippen molar-refractivity contribution in [1.82, 2.24) is 4.31 Å². The topological polar surface area (TPSA) is 86.7 Å². The van der Waals surface area contributed by atoms with Crippen molar-refractivity contribution in [2.24, 2.45) is 0 Å². The van der Waals surface area contributed by atoms with Gasteiger partial charge in [0.15, 0.2) is 0 Å². The molecule has 0 unspecified atom stereocenters. The van der Waals surface area contributed by atoms with Gasteiger partial charge in [-0.15, -0.1) is 0 Å². The molecule has 26 heavy (non-hydrogen) atoms. The zero-order valence-electron chi connectivity index (χ0n) is 13.1. The second-order valence-corrected chi connectivity index (χ2v) is 8.17. The lowest BCUT2D eigenvalue weighted by Crippen LogP contribution is -2.34. The van der Waals surface area contributed by atoms with Crippen molar-refractivity contribution in [2.45, 2.75) is 4.90 Å². The van der Waals surface area contributed by atoms with E-state index in [2.05, 4.69) is 5.32 Å². The van der Waals surface area contributed by atoms with Crippen molar-refractivity contribution < 1.29 is 22.7 Å². The Labute approximate surface area is 158 Å². The fourth-order valence-electron chi connectivity index (χ4n) is 2.46. The number of benzene rings is 2. The lowest BCUT2D eigenvalue weighted by atomic mass is 10.0. The molecular formula is C16H11Cl2FN2O4S. The molecule has 0 bridgehead atoms. The molecule has 0 saturated carbocycles. The van der Waals surface area contributed by atoms with Crippen LogP contribution >= 0.6 is 23.2 Å². The number of carbonyl (C=O) groups is 1. The van der Waals surface area contributed by atoms with Crippen LogP contribution < -0.4 is 5.32 Å². The molecule has 1 aliphatic rings. The average Bonchev–Trinajstić information content (AvgIpc) is 2.55. The Morgan fingerprint density at radius 3 is 2.54 bits per heavy atom. The third-order valence-electron chi connectivity index (χ3n) is 3.78. The van der Waals surface area contributed by atoms with Crippen molar-refractivity contribution in [3.63, 3.8) is 0 Å². The third-order valence-corrected chi connectivity index (χ3v) is 6.13. The summed E-state index contributed by atoms with van der Waals surface area (Å²) in [5, 5.41) is 13.2. The molecule has 0 fully saturated rings. The maximum absolute atomic E-state index is 13.7. The monoisotopic (exact) mass is 416 g/mol. The fourth-order valence-corrected chi connectivity index (χ4v) is 4.21. The van der Waals surface area contributed by atoms with Crippen LogP contribution in [0.25, 0.3) is 5.57 Å². The SMILES string of the molecule is CN1C(O)=C(C(=O)Nc2ccc(Cl)cc2Cl)c2cc(F)ccc2S1(=O)=O. The summed E-state index contributed by atoms with van der Waals surface area (Å²) in [4.78, 5) is 12.4. The number of nitrogens with zero attached hydrogens (tertiary/aromatic N) is 1. The molecule has 1 heterocycles. The van der Waals surface area contributed by atoms with E-state index in [1.807, 2.05) is 0 Å². The van der Waals surface area contributed by atoms with E-state index in [1.165, 1.54) is 18.2 Å². The minimum atomic E-state index is -4.10. The number of sulfonamides is 1. The molecule has 1 amide bonds. The van der Waals surface area contributed by atoms with Crippen LogP contribution in [0.4, 0.5) is 10.1 Å². The Hall–Kier alpha value is -2.29. The minimum Gasteiger partial charge on any atom is -0.493 e. The molecule has 1 aliphatic heterocycles. The number of carbonyl (C=O) groups excluding carboxylic acids is 1. The Bertz CT molecular complexity index is 1070. The highest BCUT2D eigenvalue weighted by Crippen LogP contribution is 2.36. The van der Waals surface area contributed by atoms with Crippen LogP contribution in [-0.2, 0) is 14.8 Å². The van der Waals surface area contributed by atoms with Crippen molar-refractivity contribution >= 4 is 50.4 Å². The maximum atomic E-state index is 13.7. The molecule has 2 aromatic rings. The summed E-state index contributed by atoms with van der Waals surface area (Å²) in [5.41, 5.74) is -0.457. The van der Waals surface area contributed by atoms with Crippen molar-refractivity contribution in [1.29, 1.82) is 0 Å². The first kappa shape index (κ1) is 18.5. The minimum absolute atomic E-state index is 0.141. The van der Waals surface area contributed by atoms with Gasteiger partial charge >= 0.3 is 0 Å². The summed E-state index contributed by atoms with van der Waals surface area (Å²) >= 11 is 11.8. The first-order valence-corrected chi connectivity index (χ1v) is 9.31. The standard InChI is InChI=1S/C16H11Cl2FN2O4S/c1-21-16(23)14(10-7-9(19)3-5-13(10)26(21,24)25)15(22)20-12-4-2-8(17)6-11(12)18/h2-7,23H,1H3,(H,20,22). The highest BCUT2D eigenvalue weighted by Gasteiger charge is 2.37. The summed E-state index contributed by atoms with van der Waals surface area (Å²) < 4.78 is 39.0. The van der Waals surface area contributed by atoms with Crippen LogP contribution in [0.3, 0.4) is 0 Å². The van der Waals surface area contributed by atoms with E-state index < -0.39 is 33.2 Å². The molecule has 0 radical (unpaired) electrons. The maximum Gasteiger partial charge on any atom is 0.266 e. The summed E-state index contributed by atoms with van der Waals surface area (Å²) in [5.74, 6) is -2.45. The number of anilines is 1. The van der Waals surface area contributed by atoms with Crippen LogP contribution in [0.1, 0.15) is 5.56 Å². The lowest BCUT2D eigenvalue weighted by Gasteiger charge is -2.27. The number of amides is 1. The van der Waals surface area contributed by atoms with Crippen molar-refractivity contribution in [3.8, 4) is 0 Å². The van der Waals surface area contributed by atoms with Crippen LogP contribution in [0.5, 0.6) is 0 Å². The van der Waals surface area contributed by atoms with Gasteiger partial charge in [0.1, 0.15) is 11.4 Å². The van der Waals surface area contributed by atoms with Gasteiger partial charge in [-0.25, -0.2) is 17.1 Å². The van der Waals surface area contributed by atoms with E-state index in [0.29, 0.717) is 9.33 Å². The number of hydrogen-bond donors (Lipinski definition) is 2. The molecule has 3 rings (SSSR count). The van der Waals surface area contributed by atoms with Gasteiger partial charge in [0.2, 0.25) is 5.88 Å². The number of aliphatic hydroxyl groups is 1. The quantitative estimate of drug-likeness (QED) is 0.782. The van der Waals surface area contributed by atoms with Gasteiger partial charge in [-0.1, -0.05) is 23.2 Å². The van der Waals surface area contributed by atoms with Gasteiger partial charge in [-0.3, -0.25) is 4.79 Å². The van der Waals surface area contributed by atoms with Crippen LogP contribution in [0.2, 0.25) is 10.0 Å². The van der Waals surface area contributed by atoms with Gasteiger partial charge in [-0.2, -0.15) is 0 Å². The molecule has 0 atom stereocenters. The summed E-state index contributed by atoms with van der Waals surface area (Å²) in [6.45, 7) is 0. The number of aliphatic hydroxyl groups excluding tert-OH is 1. The number of halogens is 3. The zero-order valence-corrected chi connectivity index (χ0v) is 15.5. The molecule has 10 heteroatoms. The molecule has 0 aliphatic carbocycles. The second kappa shape index (κ2) is 6.46. The molecule has 0 saturated heterocycles. The van der Waals surface area contributed by atoms with Crippen molar-refractivity contribution in [2.75, 3.05) is 12.4 Å². The van der Waals surface area contributed by atoms with Gasteiger partial charge in [-0.05, 0) is 36.4 Å². The highest BCUT2D eigenvalue weighted by atomic mass is 35.5. The predicted molar refractivity (Wildman–Crippen MR) is 96.0 cm³/mol. The molecular weight excluding hydrogens is 406 g/mol. The number of fused-ring (bicyclic) bond motifs is 1. The largest absolute Gasteiger partial charge is 0.493 e. The smallest absolute Gasteiger partial charge is 0.266 e. The normalized spacial score (nSPS) is 15.6.